The minimum Gasteiger partial charge on any atom is -0.333 e. The normalized spacial score (nSPS) is 17.1. The van der Waals surface area contributed by atoms with Crippen molar-refractivity contribution in [3.63, 3.8) is 0 Å². The van der Waals surface area contributed by atoms with Gasteiger partial charge in [0, 0.05) is 11.4 Å². The zero-order valence-electron chi connectivity index (χ0n) is 13.5. The first kappa shape index (κ1) is 15.8. The molecule has 0 saturated carbocycles. The van der Waals surface area contributed by atoms with E-state index in [9.17, 15) is 9.59 Å². The summed E-state index contributed by atoms with van der Waals surface area (Å²) in [6, 6.07) is 13.2. The topological polar surface area (TPSA) is 73.0 Å². The number of para-hydroxylation sites is 1. The summed E-state index contributed by atoms with van der Waals surface area (Å²) in [5.74, 6) is -0.0990. The number of tetrazole rings is 1. The highest BCUT2D eigenvalue weighted by molar-refractivity contribution is 7.10. The van der Waals surface area contributed by atoms with E-state index in [1.807, 2.05) is 34.5 Å². The fourth-order valence-corrected chi connectivity index (χ4v) is 4.04. The molecule has 2 aromatic heterocycles. The van der Waals surface area contributed by atoms with Crippen LogP contribution in [-0.4, -0.2) is 37.1 Å². The Hall–Kier alpha value is -2.74. The number of carbonyl (C=O) groups excluding carboxylic acids is 1. The van der Waals surface area contributed by atoms with Gasteiger partial charge in [-0.15, -0.1) is 11.3 Å². The van der Waals surface area contributed by atoms with Crippen molar-refractivity contribution in [1.29, 1.82) is 0 Å². The first-order chi connectivity index (χ1) is 12.2. The van der Waals surface area contributed by atoms with E-state index in [1.54, 1.807) is 23.5 Å². The lowest BCUT2D eigenvalue weighted by Crippen LogP contribution is -2.36. The summed E-state index contributed by atoms with van der Waals surface area (Å²) in [4.78, 5) is 28.2. The molecule has 1 atom stereocenters. The molecule has 128 valence electrons. The number of rotatable bonds is 4. The van der Waals surface area contributed by atoms with E-state index in [1.165, 1.54) is 9.56 Å². The lowest BCUT2D eigenvalue weighted by molar-refractivity contribution is -0.133. The minimum atomic E-state index is -0.411. The quantitative estimate of drug-likeness (QED) is 0.716. The van der Waals surface area contributed by atoms with Gasteiger partial charge in [-0.3, -0.25) is 4.79 Å². The van der Waals surface area contributed by atoms with E-state index in [0.717, 1.165) is 17.5 Å². The highest BCUT2D eigenvalue weighted by Crippen LogP contribution is 2.34. The fraction of sp³-hybridized carbons (Fsp3) is 0.294. The number of hydrogen-bond acceptors (Lipinski definition) is 5. The second-order valence-electron chi connectivity index (χ2n) is 5.93. The maximum absolute atomic E-state index is 12.7. The number of hydrogen-bond donors (Lipinski definition) is 0. The van der Waals surface area contributed by atoms with Gasteiger partial charge in [0.15, 0.2) is 0 Å². The second kappa shape index (κ2) is 6.64. The molecule has 0 radical (unpaired) electrons. The number of aromatic nitrogens is 4. The largest absolute Gasteiger partial charge is 0.368 e. The highest BCUT2D eigenvalue weighted by atomic mass is 32.1. The van der Waals surface area contributed by atoms with Crippen LogP contribution in [0.5, 0.6) is 0 Å². The van der Waals surface area contributed by atoms with Gasteiger partial charge in [0.05, 0.1) is 11.7 Å². The monoisotopic (exact) mass is 355 g/mol. The Bertz CT molecular complexity index is 916. The smallest absolute Gasteiger partial charge is 0.333 e. The van der Waals surface area contributed by atoms with Crippen LogP contribution in [0.1, 0.15) is 23.8 Å². The molecule has 4 rings (SSSR count). The molecule has 0 spiro atoms. The first-order valence-corrected chi connectivity index (χ1v) is 9.03. The lowest BCUT2D eigenvalue weighted by Gasteiger charge is -2.23. The highest BCUT2D eigenvalue weighted by Gasteiger charge is 2.31. The van der Waals surface area contributed by atoms with E-state index < -0.39 is 5.69 Å². The number of nitrogens with zero attached hydrogens (tertiary/aromatic N) is 5. The summed E-state index contributed by atoms with van der Waals surface area (Å²) in [7, 11) is 0. The van der Waals surface area contributed by atoms with Gasteiger partial charge < -0.3 is 4.90 Å². The van der Waals surface area contributed by atoms with E-state index in [2.05, 4.69) is 16.5 Å². The van der Waals surface area contributed by atoms with Crippen LogP contribution in [0.3, 0.4) is 0 Å². The Kier molecular flexibility index (Phi) is 4.19. The van der Waals surface area contributed by atoms with Crippen molar-refractivity contribution < 1.29 is 4.79 Å². The minimum absolute atomic E-state index is 0.0897. The van der Waals surface area contributed by atoms with Gasteiger partial charge in [-0.05, 0) is 46.8 Å². The van der Waals surface area contributed by atoms with Gasteiger partial charge in [-0.2, -0.15) is 9.36 Å². The number of thiophene rings is 1. The molecule has 1 aliphatic heterocycles. The van der Waals surface area contributed by atoms with E-state index in [4.69, 9.17) is 0 Å². The SMILES string of the molecule is O=C(Cn1nnn(-c2ccccc2)c1=O)N1CCCC1c1cccs1. The molecular formula is C17H17N5O2S. The first-order valence-electron chi connectivity index (χ1n) is 8.15. The molecule has 1 aliphatic rings. The van der Waals surface area contributed by atoms with Crippen molar-refractivity contribution in [1.82, 2.24) is 24.7 Å². The van der Waals surface area contributed by atoms with E-state index in [-0.39, 0.29) is 18.5 Å². The third kappa shape index (κ3) is 3.00. The van der Waals surface area contributed by atoms with Crippen molar-refractivity contribution >= 4 is 17.2 Å². The van der Waals surface area contributed by atoms with Crippen LogP contribution in [0.25, 0.3) is 5.69 Å². The van der Waals surface area contributed by atoms with Gasteiger partial charge in [-0.1, -0.05) is 24.3 Å². The molecule has 3 aromatic rings. The standard InChI is InChI=1S/C17H17N5O2S/c23-16(20-10-4-8-14(20)15-9-5-11-25-15)12-21-17(24)22(19-18-21)13-6-2-1-3-7-13/h1-3,5-7,9,11,14H,4,8,10,12H2. The van der Waals surface area contributed by atoms with Crippen molar-refractivity contribution in [3.05, 3.63) is 63.2 Å². The van der Waals surface area contributed by atoms with Crippen LogP contribution in [0, 0.1) is 0 Å². The molecule has 8 heteroatoms. The Morgan fingerprint density at radius 1 is 1.16 bits per heavy atom. The zero-order chi connectivity index (χ0) is 17.2. The average Bonchev–Trinajstić information content (AvgIpc) is 3.36. The van der Waals surface area contributed by atoms with E-state index >= 15 is 0 Å². The molecule has 0 aliphatic carbocycles. The number of carbonyl (C=O) groups is 1. The third-order valence-electron chi connectivity index (χ3n) is 4.37. The van der Waals surface area contributed by atoms with E-state index in [0.29, 0.717) is 12.2 Å². The lowest BCUT2D eigenvalue weighted by atomic mass is 10.2. The van der Waals surface area contributed by atoms with Crippen LogP contribution in [0.2, 0.25) is 0 Å². The predicted octanol–water partition coefficient (Wildman–Crippen LogP) is 1.85. The maximum atomic E-state index is 12.7. The summed E-state index contributed by atoms with van der Waals surface area (Å²) in [6.45, 7) is 0.622. The van der Waals surface area contributed by atoms with Crippen LogP contribution >= 0.6 is 11.3 Å². The zero-order valence-corrected chi connectivity index (χ0v) is 14.3. The maximum Gasteiger partial charge on any atom is 0.368 e. The van der Waals surface area contributed by atoms with Crippen LogP contribution in [-0.2, 0) is 11.3 Å². The number of benzene rings is 1. The number of likely N-dealkylation sites (tertiary alicyclic amines) is 1. The molecular weight excluding hydrogens is 338 g/mol. The molecule has 25 heavy (non-hydrogen) atoms. The van der Waals surface area contributed by atoms with Gasteiger partial charge in [-0.25, -0.2) is 4.79 Å². The Balaban J connectivity index is 1.54. The second-order valence-corrected chi connectivity index (χ2v) is 6.91. The molecule has 7 nitrogen and oxygen atoms in total. The summed E-state index contributed by atoms with van der Waals surface area (Å²) in [6.07, 6.45) is 1.93. The molecule has 1 saturated heterocycles. The summed E-state index contributed by atoms with van der Waals surface area (Å²) >= 11 is 1.66. The number of amides is 1. The summed E-state index contributed by atoms with van der Waals surface area (Å²) in [5, 5.41) is 9.77. The molecule has 1 unspecified atom stereocenters. The van der Waals surface area contributed by atoms with Crippen LogP contribution in [0.4, 0.5) is 0 Å². The van der Waals surface area contributed by atoms with Crippen molar-refractivity contribution in [2.24, 2.45) is 0 Å². The molecule has 0 N–H and O–H groups in total. The van der Waals surface area contributed by atoms with Gasteiger partial charge in [0.25, 0.3) is 0 Å². The fourth-order valence-electron chi connectivity index (χ4n) is 3.17. The Labute approximate surface area is 148 Å². The predicted molar refractivity (Wildman–Crippen MR) is 93.6 cm³/mol. The Morgan fingerprint density at radius 3 is 2.76 bits per heavy atom. The van der Waals surface area contributed by atoms with Gasteiger partial charge >= 0.3 is 5.69 Å². The third-order valence-corrected chi connectivity index (χ3v) is 5.34. The van der Waals surface area contributed by atoms with Crippen LogP contribution < -0.4 is 5.69 Å². The molecule has 1 aromatic carbocycles. The summed E-state index contributed by atoms with van der Waals surface area (Å²) in [5.41, 5.74) is 0.218. The van der Waals surface area contributed by atoms with Gasteiger partial charge in [0.1, 0.15) is 6.54 Å². The Morgan fingerprint density at radius 2 is 2.00 bits per heavy atom. The average molecular weight is 355 g/mol. The molecule has 3 heterocycles. The molecule has 1 amide bonds. The van der Waals surface area contributed by atoms with Crippen molar-refractivity contribution in [2.75, 3.05) is 6.54 Å². The van der Waals surface area contributed by atoms with Gasteiger partial charge in [0.2, 0.25) is 5.91 Å². The molecule has 0 bridgehead atoms. The van der Waals surface area contributed by atoms with Crippen LogP contribution in [0.15, 0.2) is 52.6 Å². The van der Waals surface area contributed by atoms with Crippen molar-refractivity contribution in [3.8, 4) is 5.69 Å². The van der Waals surface area contributed by atoms with Crippen molar-refractivity contribution in [2.45, 2.75) is 25.4 Å². The molecule has 1 fully saturated rings. The summed E-state index contributed by atoms with van der Waals surface area (Å²) < 4.78 is 2.33.